The summed E-state index contributed by atoms with van der Waals surface area (Å²) >= 11 is 0. The van der Waals surface area contributed by atoms with Crippen LogP contribution >= 0.6 is 0 Å². The second-order valence-corrected chi connectivity index (χ2v) is 23.9. The summed E-state index contributed by atoms with van der Waals surface area (Å²) in [7, 11) is 5.68. The molecule has 19 nitrogen and oxygen atoms in total. The van der Waals surface area contributed by atoms with Crippen molar-refractivity contribution in [3.63, 3.8) is 0 Å². The van der Waals surface area contributed by atoms with Crippen LogP contribution in [0.4, 0.5) is 0 Å². The van der Waals surface area contributed by atoms with Gasteiger partial charge in [0.15, 0.2) is 12.1 Å². The average molecular weight is 1150 g/mol. The fourth-order valence-corrected chi connectivity index (χ4v) is 11.4. The normalized spacial score (nSPS) is 25.9. The first-order valence-corrected chi connectivity index (χ1v) is 29.5. The highest BCUT2D eigenvalue weighted by Crippen LogP contribution is 2.29. The minimum Gasteiger partial charge on any atom is -0.450 e. The molecule has 2 heterocycles. The zero-order chi connectivity index (χ0) is 61.6. The number of esters is 1. The maximum absolute atomic E-state index is 15.4. The maximum atomic E-state index is 15.4. The number of likely N-dealkylation sites (N-methyl/N-ethyl adjacent to an activating group) is 4. The molecule has 8 amide bonds. The van der Waals surface area contributed by atoms with E-state index in [4.69, 9.17) is 4.74 Å². The van der Waals surface area contributed by atoms with Crippen LogP contribution in [-0.4, -0.2) is 172 Å². The van der Waals surface area contributed by atoms with Crippen molar-refractivity contribution in [3.8, 4) is 0 Å². The van der Waals surface area contributed by atoms with Gasteiger partial charge in [-0.1, -0.05) is 167 Å². The van der Waals surface area contributed by atoms with Crippen LogP contribution in [0, 0.1) is 29.6 Å². The molecule has 2 aliphatic rings. The van der Waals surface area contributed by atoms with E-state index in [9.17, 15) is 19.5 Å². The average Bonchev–Trinajstić information content (AvgIpc) is 4.09. The van der Waals surface area contributed by atoms with Gasteiger partial charge in [-0.2, -0.15) is 0 Å². The molecule has 83 heavy (non-hydrogen) atoms. The zero-order valence-corrected chi connectivity index (χ0v) is 51.2. The molecule has 19 heteroatoms. The van der Waals surface area contributed by atoms with E-state index in [0.717, 1.165) is 10.5 Å². The van der Waals surface area contributed by atoms with E-state index < -0.39 is 137 Å². The highest BCUT2D eigenvalue weighted by atomic mass is 16.6. The summed E-state index contributed by atoms with van der Waals surface area (Å²) in [5.74, 6) is -8.82. The van der Waals surface area contributed by atoms with E-state index in [0.29, 0.717) is 24.8 Å². The maximum Gasteiger partial charge on any atom is 0.332 e. The van der Waals surface area contributed by atoms with Gasteiger partial charge in [-0.15, -0.1) is 0 Å². The molecule has 3 aromatic rings. The van der Waals surface area contributed by atoms with E-state index >= 15 is 28.8 Å². The number of fused-ring (bicyclic) bond motifs is 1. The molecule has 12 unspecified atom stereocenters. The topological polar surface area (TPSA) is 235 Å². The fraction of sp³-hybridized carbons (Fsp3) is 0.578. The van der Waals surface area contributed by atoms with Crippen LogP contribution in [0.15, 0.2) is 91.0 Å². The molecule has 2 fully saturated rings. The molecular weight excluding hydrogens is 1060 g/mol. The minimum atomic E-state index is -1.78. The number of cyclic esters (lactones) is 1. The first kappa shape index (κ1) is 66.6. The summed E-state index contributed by atoms with van der Waals surface area (Å²) in [5.41, 5.74) is 1.66. The number of aliphatic hydroxyl groups is 1. The number of aliphatic hydroxyl groups excluding tert-OH is 1. The second kappa shape index (κ2) is 30.4. The molecule has 0 saturated carbocycles. The van der Waals surface area contributed by atoms with Crippen molar-refractivity contribution in [1.82, 2.24) is 40.4 Å². The Morgan fingerprint density at radius 1 is 0.530 bits per heavy atom. The number of ether oxygens (including phenoxy) is 1. The number of hydrogen-bond acceptors (Lipinski definition) is 11. The fourth-order valence-electron chi connectivity index (χ4n) is 11.4. The SMILES string of the molecule is CCC(C)C1NC(=O)C2CCCN2C(=O)C(Cc2ccccc2)N(C)C(=O)C(Cc2ccccc2)NC(=O)C(C(C)C)N(C)C(=O)C(C(C)CC)OC(=O)C(C(O)c2ccccc2)N(C)C(=O)C(CC(C)C)NC(=O)C(C(C)C)N(C)C1=O. The lowest BCUT2D eigenvalue weighted by molar-refractivity contribution is -0.174. The standard InChI is InChI=1S/C64H92N8O11/c1-15-41(9)50-62(80)69(12)51(39(5)6)57(75)65-46(35-38(3)4)60(78)71(14)53(54(73)45-31-24-19-25-32-45)64(82)83-55(42(10)16-2)63(81)70(13)52(40(7)8)58(76)66-47(36-43-27-20-17-21-28-43)59(77)68(11)49(37-44-29-22-18-23-30-44)61(79)72-34-26-33-48(72)56(74)67-50/h17-25,27-32,38-42,46-55,73H,15-16,26,33-37H2,1-14H3,(H,65,75)(H,66,76)(H,67,74). The first-order chi connectivity index (χ1) is 39.2. The van der Waals surface area contributed by atoms with Crippen molar-refractivity contribution in [2.45, 2.75) is 175 Å². The third-order valence-electron chi connectivity index (χ3n) is 16.6. The molecule has 454 valence electrons. The van der Waals surface area contributed by atoms with Crippen LogP contribution in [-0.2, 0) is 60.7 Å². The summed E-state index contributed by atoms with van der Waals surface area (Å²) < 4.78 is 6.21. The molecule has 0 aliphatic carbocycles. The third-order valence-corrected chi connectivity index (χ3v) is 16.6. The number of carbonyl (C=O) groups excluding carboxylic acids is 9. The van der Waals surface area contributed by atoms with Gasteiger partial charge in [0.2, 0.25) is 41.4 Å². The van der Waals surface area contributed by atoms with Crippen molar-refractivity contribution >= 4 is 53.2 Å². The van der Waals surface area contributed by atoms with Crippen molar-refractivity contribution < 1.29 is 53.0 Å². The minimum absolute atomic E-state index is 0.0139. The summed E-state index contributed by atoms with van der Waals surface area (Å²) in [6.45, 7) is 18.0. The van der Waals surface area contributed by atoms with Crippen LogP contribution in [0.2, 0.25) is 0 Å². The molecule has 4 N–H and O–H groups in total. The van der Waals surface area contributed by atoms with Gasteiger partial charge in [0.1, 0.15) is 48.4 Å². The van der Waals surface area contributed by atoms with Crippen molar-refractivity contribution in [2.75, 3.05) is 34.7 Å². The molecule has 0 spiro atoms. The van der Waals surface area contributed by atoms with Gasteiger partial charge in [-0.05, 0) is 66.0 Å². The Hall–Kier alpha value is -7.15. The van der Waals surface area contributed by atoms with Gasteiger partial charge >= 0.3 is 5.97 Å². The molecule has 12 atom stereocenters. The van der Waals surface area contributed by atoms with Gasteiger partial charge in [-0.3, -0.25) is 38.4 Å². The van der Waals surface area contributed by atoms with Crippen LogP contribution in [0.5, 0.6) is 0 Å². The van der Waals surface area contributed by atoms with E-state index in [1.54, 1.807) is 84.0 Å². The van der Waals surface area contributed by atoms with Gasteiger partial charge in [0.25, 0.3) is 5.91 Å². The molecule has 5 rings (SSSR count). The molecule has 0 aromatic heterocycles. The van der Waals surface area contributed by atoms with E-state index in [1.807, 2.05) is 76.2 Å². The van der Waals surface area contributed by atoms with Gasteiger partial charge in [-0.25, -0.2) is 4.79 Å². The summed E-state index contributed by atoms with van der Waals surface area (Å²) in [6, 6.07) is 16.1. The first-order valence-electron chi connectivity index (χ1n) is 29.5. The van der Waals surface area contributed by atoms with Crippen LogP contribution in [0.1, 0.15) is 124 Å². The van der Waals surface area contributed by atoms with Crippen molar-refractivity contribution in [1.29, 1.82) is 0 Å². The van der Waals surface area contributed by atoms with Gasteiger partial charge in [0, 0.05) is 53.5 Å². The van der Waals surface area contributed by atoms with Crippen LogP contribution in [0.25, 0.3) is 0 Å². The van der Waals surface area contributed by atoms with E-state index in [1.165, 1.54) is 47.8 Å². The number of rotatable bonds is 14. The number of benzene rings is 3. The Labute approximate surface area is 491 Å². The monoisotopic (exact) mass is 1150 g/mol. The Bertz CT molecular complexity index is 2690. The van der Waals surface area contributed by atoms with Crippen LogP contribution < -0.4 is 16.0 Å². The molecular formula is C64H92N8O11. The van der Waals surface area contributed by atoms with Gasteiger partial charge < -0.3 is 50.3 Å². The Kier molecular flexibility index (Phi) is 24.4. The number of nitrogens with zero attached hydrogens (tertiary/aromatic N) is 5. The largest absolute Gasteiger partial charge is 0.450 e. The molecule has 3 aromatic carbocycles. The van der Waals surface area contributed by atoms with Crippen LogP contribution in [0.3, 0.4) is 0 Å². The summed E-state index contributed by atoms with van der Waals surface area (Å²) in [6.07, 6.45) is -1.70. The lowest BCUT2D eigenvalue weighted by Crippen LogP contribution is -2.62. The highest BCUT2D eigenvalue weighted by Gasteiger charge is 2.47. The van der Waals surface area contributed by atoms with E-state index in [-0.39, 0.29) is 43.7 Å². The Morgan fingerprint density at radius 2 is 1.00 bits per heavy atom. The predicted molar refractivity (Wildman–Crippen MR) is 316 cm³/mol. The van der Waals surface area contributed by atoms with Crippen molar-refractivity contribution in [3.05, 3.63) is 108 Å². The molecule has 2 aliphatic heterocycles. The lowest BCUT2D eigenvalue weighted by atomic mass is 9.94. The number of nitrogens with one attached hydrogen (secondary N) is 3. The summed E-state index contributed by atoms with van der Waals surface area (Å²) in [4.78, 5) is 142. The quantitative estimate of drug-likeness (QED) is 0.151. The third kappa shape index (κ3) is 16.6. The Balaban J connectivity index is 1.72. The zero-order valence-electron chi connectivity index (χ0n) is 51.2. The second-order valence-electron chi connectivity index (χ2n) is 23.9. The van der Waals surface area contributed by atoms with Crippen molar-refractivity contribution in [2.24, 2.45) is 29.6 Å². The molecule has 0 bridgehead atoms. The predicted octanol–water partition coefficient (Wildman–Crippen LogP) is 5.33. The molecule has 2 saturated heterocycles. The number of hydrogen-bond donors (Lipinski definition) is 4. The number of carbonyl (C=O) groups is 9. The smallest absolute Gasteiger partial charge is 0.332 e. The highest BCUT2D eigenvalue weighted by molar-refractivity contribution is 5.99. The lowest BCUT2D eigenvalue weighted by Gasteiger charge is -2.38. The summed E-state index contributed by atoms with van der Waals surface area (Å²) in [5, 5.41) is 21.0. The Morgan fingerprint density at radius 3 is 1.51 bits per heavy atom. The molecule has 0 radical (unpaired) electrons. The van der Waals surface area contributed by atoms with E-state index in [2.05, 4.69) is 16.0 Å². The van der Waals surface area contributed by atoms with Gasteiger partial charge in [0.05, 0.1) is 0 Å². The number of amides is 8.